The van der Waals surface area contributed by atoms with Gasteiger partial charge < -0.3 is 20.3 Å². The average molecular weight is 373 g/mol. The van der Waals surface area contributed by atoms with Crippen LogP contribution in [0, 0.1) is 5.92 Å². The van der Waals surface area contributed by atoms with Crippen molar-refractivity contribution in [3.8, 4) is 5.75 Å². The van der Waals surface area contributed by atoms with Gasteiger partial charge in [-0.25, -0.2) is 4.79 Å². The second-order valence-corrected chi connectivity index (χ2v) is 7.49. The van der Waals surface area contributed by atoms with Crippen molar-refractivity contribution in [3.05, 3.63) is 24.3 Å². The third-order valence-corrected chi connectivity index (χ3v) is 5.70. The lowest BCUT2D eigenvalue weighted by Crippen LogP contribution is -2.52. The van der Waals surface area contributed by atoms with Crippen LogP contribution in [0.25, 0.3) is 0 Å². The number of hydrogen-bond donors (Lipinski definition) is 2. The fraction of sp³-hybridized carbons (Fsp3) is 0.619. The van der Waals surface area contributed by atoms with E-state index in [2.05, 4.69) is 10.6 Å². The predicted octanol–water partition coefficient (Wildman–Crippen LogP) is 3.78. The van der Waals surface area contributed by atoms with Crippen LogP contribution in [0.1, 0.15) is 51.4 Å². The molecule has 0 bridgehead atoms. The number of nitrogens with one attached hydrogen (secondary N) is 2. The van der Waals surface area contributed by atoms with Crippen molar-refractivity contribution in [2.45, 2.75) is 57.4 Å². The second-order valence-electron chi connectivity index (χ2n) is 7.49. The van der Waals surface area contributed by atoms with Gasteiger partial charge in [-0.15, -0.1) is 0 Å². The number of methoxy groups -OCH3 is 1. The van der Waals surface area contributed by atoms with E-state index in [1.165, 1.54) is 0 Å². The van der Waals surface area contributed by atoms with Crippen molar-refractivity contribution in [2.24, 2.45) is 5.92 Å². The van der Waals surface area contributed by atoms with E-state index >= 15 is 0 Å². The molecule has 1 aromatic carbocycles. The number of rotatable bonds is 2. The van der Waals surface area contributed by atoms with Crippen molar-refractivity contribution < 1.29 is 14.3 Å². The van der Waals surface area contributed by atoms with E-state index in [0.29, 0.717) is 18.0 Å². The third-order valence-electron chi connectivity index (χ3n) is 5.70. The fourth-order valence-corrected chi connectivity index (χ4v) is 4.25. The maximum atomic E-state index is 13.2. The summed E-state index contributed by atoms with van der Waals surface area (Å²) in [7, 11) is 1.60. The number of fused-ring (bicyclic) bond motifs is 1. The number of hydrogen-bond acceptors (Lipinski definition) is 3. The molecule has 148 valence electrons. The van der Waals surface area contributed by atoms with Gasteiger partial charge in [0.25, 0.3) is 0 Å². The summed E-state index contributed by atoms with van der Waals surface area (Å²) in [4.78, 5) is 27.8. The number of benzene rings is 1. The van der Waals surface area contributed by atoms with Gasteiger partial charge in [0.15, 0.2) is 0 Å². The average Bonchev–Trinajstić information content (AvgIpc) is 2.73. The van der Waals surface area contributed by atoms with E-state index < -0.39 is 0 Å². The molecule has 6 heteroatoms. The quantitative estimate of drug-likeness (QED) is 0.829. The molecule has 2 fully saturated rings. The summed E-state index contributed by atoms with van der Waals surface area (Å²) in [6, 6.07) is 7.26. The highest BCUT2D eigenvalue weighted by atomic mass is 16.5. The molecule has 27 heavy (non-hydrogen) atoms. The Bertz CT molecular complexity index is 649. The minimum Gasteiger partial charge on any atom is -0.495 e. The van der Waals surface area contributed by atoms with Crippen LogP contribution in [-0.4, -0.2) is 43.1 Å². The first-order valence-corrected chi connectivity index (χ1v) is 10.2. The highest BCUT2D eigenvalue weighted by Crippen LogP contribution is 2.31. The molecular weight excluding hydrogens is 342 g/mol. The van der Waals surface area contributed by atoms with Crippen LogP contribution in [0.5, 0.6) is 5.75 Å². The Morgan fingerprint density at radius 1 is 1.11 bits per heavy atom. The minimum absolute atomic E-state index is 0.0356. The lowest BCUT2D eigenvalue weighted by atomic mass is 9.82. The largest absolute Gasteiger partial charge is 0.495 e. The minimum atomic E-state index is -0.136. The Kier molecular flexibility index (Phi) is 6.96. The predicted molar refractivity (Wildman–Crippen MR) is 106 cm³/mol. The van der Waals surface area contributed by atoms with Crippen LogP contribution < -0.4 is 15.4 Å². The molecule has 3 amide bonds. The molecule has 2 atom stereocenters. The monoisotopic (exact) mass is 373 g/mol. The molecule has 2 unspecified atom stereocenters. The normalized spacial score (nSPS) is 24.2. The van der Waals surface area contributed by atoms with Crippen LogP contribution in [0.3, 0.4) is 0 Å². The number of para-hydroxylation sites is 2. The van der Waals surface area contributed by atoms with Gasteiger partial charge in [-0.2, -0.15) is 0 Å². The Hall–Kier alpha value is -2.24. The summed E-state index contributed by atoms with van der Waals surface area (Å²) >= 11 is 0. The molecule has 1 saturated carbocycles. The van der Waals surface area contributed by atoms with Crippen LogP contribution in [0.15, 0.2) is 24.3 Å². The van der Waals surface area contributed by atoms with Gasteiger partial charge in [-0.1, -0.05) is 37.8 Å². The molecular formula is C21H31N3O3. The molecule has 0 spiro atoms. The number of amides is 3. The number of ether oxygens (including phenoxy) is 1. The molecule has 6 nitrogen and oxygen atoms in total. The zero-order valence-electron chi connectivity index (χ0n) is 16.2. The van der Waals surface area contributed by atoms with Crippen molar-refractivity contribution >= 4 is 17.6 Å². The molecule has 0 aromatic heterocycles. The van der Waals surface area contributed by atoms with Gasteiger partial charge in [-0.3, -0.25) is 4.79 Å². The number of nitrogens with zero attached hydrogens (tertiary/aromatic N) is 1. The summed E-state index contributed by atoms with van der Waals surface area (Å²) in [5.74, 6) is 0.638. The molecule has 1 heterocycles. The van der Waals surface area contributed by atoms with Crippen LogP contribution in [-0.2, 0) is 4.79 Å². The van der Waals surface area contributed by atoms with Crippen molar-refractivity contribution in [2.75, 3.05) is 25.5 Å². The van der Waals surface area contributed by atoms with Crippen molar-refractivity contribution in [1.82, 2.24) is 10.2 Å². The molecule has 1 saturated heterocycles. The molecule has 1 aliphatic heterocycles. The van der Waals surface area contributed by atoms with Gasteiger partial charge in [0, 0.05) is 19.1 Å². The first-order chi connectivity index (χ1) is 13.2. The summed E-state index contributed by atoms with van der Waals surface area (Å²) in [6.45, 7) is 1.44. The van der Waals surface area contributed by atoms with Gasteiger partial charge >= 0.3 is 6.03 Å². The smallest absolute Gasteiger partial charge is 0.322 e. The molecule has 2 N–H and O–H groups in total. The second kappa shape index (κ2) is 9.62. The van der Waals surface area contributed by atoms with Crippen LogP contribution in [0.4, 0.5) is 10.5 Å². The molecule has 3 rings (SSSR count). The fourth-order valence-electron chi connectivity index (χ4n) is 4.25. The van der Waals surface area contributed by atoms with E-state index in [0.717, 1.165) is 57.9 Å². The molecule has 1 aliphatic carbocycles. The number of anilines is 1. The van der Waals surface area contributed by atoms with Crippen molar-refractivity contribution in [3.63, 3.8) is 0 Å². The van der Waals surface area contributed by atoms with Crippen LogP contribution in [0.2, 0.25) is 0 Å². The maximum absolute atomic E-state index is 13.2. The van der Waals surface area contributed by atoms with Crippen molar-refractivity contribution in [1.29, 1.82) is 0 Å². The Labute approximate surface area is 161 Å². The maximum Gasteiger partial charge on any atom is 0.322 e. The summed E-state index contributed by atoms with van der Waals surface area (Å²) < 4.78 is 5.36. The zero-order valence-corrected chi connectivity index (χ0v) is 16.2. The first-order valence-electron chi connectivity index (χ1n) is 10.2. The van der Waals surface area contributed by atoms with E-state index in [1.54, 1.807) is 7.11 Å². The zero-order chi connectivity index (χ0) is 19.1. The van der Waals surface area contributed by atoms with Gasteiger partial charge in [0.2, 0.25) is 5.91 Å². The number of carbonyl (C=O) groups excluding carboxylic acids is 2. The third kappa shape index (κ3) is 4.93. The molecule has 1 aromatic rings. The summed E-state index contributed by atoms with van der Waals surface area (Å²) in [6.07, 6.45) is 7.99. The summed E-state index contributed by atoms with van der Waals surface area (Å²) in [5, 5.41) is 6.10. The van der Waals surface area contributed by atoms with E-state index in [1.807, 2.05) is 29.2 Å². The van der Waals surface area contributed by atoms with Gasteiger partial charge in [0.05, 0.1) is 18.7 Å². The van der Waals surface area contributed by atoms with E-state index in [-0.39, 0.29) is 23.9 Å². The topological polar surface area (TPSA) is 70.7 Å². The highest BCUT2D eigenvalue weighted by Gasteiger charge is 2.37. The Balaban J connectivity index is 1.81. The Morgan fingerprint density at radius 2 is 1.89 bits per heavy atom. The standard InChI is InChI=1S/C21H31N3O3/c1-27-19-13-7-5-11-17(19)23-21(26)24-15-9-3-2-8-14-22-20(25)16-10-4-6-12-18(16)24/h5,7,11,13,16,18H,2-4,6,8-10,12,14-15H2,1H3,(H,22,25)(H,23,26). The van der Waals surface area contributed by atoms with Gasteiger partial charge in [-0.05, 0) is 37.8 Å². The number of urea groups is 1. The summed E-state index contributed by atoms with van der Waals surface area (Å²) in [5.41, 5.74) is 0.663. The number of carbonyl (C=O) groups is 2. The lowest BCUT2D eigenvalue weighted by molar-refractivity contribution is -0.127. The SMILES string of the molecule is COc1ccccc1NC(=O)N1CCCCCCNC(=O)C2CCCCC21. The Morgan fingerprint density at radius 3 is 2.74 bits per heavy atom. The molecule has 2 aliphatic rings. The van der Waals surface area contributed by atoms with Gasteiger partial charge in [0.1, 0.15) is 5.75 Å². The van der Waals surface area contributed by atoms with E-state index in [4.69, 9.17) is 4.74 Å². The van der Waals surface area contributed by atoms with E-state index in [9.17, 15) is 9.59 Å². The first kappa shape index (κ1) is 19.5. The molecule has 0 radical (unpaired) electrons. The lowest BCUT2D eigenvalue weighted by Gasteiger charge is -2.39. The highest BCUT2D eigenvalue weighted by molar-refractivity contribution is 5.91. The van der Waals surface area contributed by atoms with Crippen LogP contribution >= 0.6 is 0 Å².